The molecule has 2 amide bonds. The number of halogens is 2. The second kappa shape index (κ2) is 12.3. The van der Waals surface area contributed by atoms with Crippen LogP contribution in [0.2, 0.25) is 0 Å². The summed E-state index contributed by atoms with van der Waals surface area (Å²) in [6, 6.07) is 1.95. The number of hydrogen-bond acceptors (Lipinski definition) is 11. The molecule has 2 saturated heterocycles. The molecule has 3 aromatic heterocycles. The predicted octanol–water partition coefficient (Wildman–Crippen LogP) is 7.27. The molecule has 0 saturated carbocycles. The monoisotopic (exact) mass is 705 g/mol. The topological polar surface area (TPSA) is 143 Å². The Bertz CT molecular complexity index is 2100. The fourth-order valence-electron chi connectivity index (χ4n) is 7.04. The average Bonchev–Trinajstić information content (AvgIpc) is 3.77. The highest BCUT2D eigenvalue weighted by molar-refractivity contribution is 7.23. The Morgan fingerprint density at radius 3 is 2.52 bits per heavy atom. The van der Waals surface area contributed by atoms with E-state index in [4.69, 9.17) is 19.2 Å². The summed E-state index contributed by atoms with van der Waals surface area (Å²) >= 11 is 0.843. The van der Waals surface area contributed by atoms with Crippen LogP contribution in [-0.2, 0) is 27.4 Å². The number of carbonyl (C=O) groups is 2. The van der Waals surface area contributed by atoms with Gasteiger partial charge in [0.2, 0.25) is 5.95 Å². The van der Waals surface area contributed by atoms with Crippen LogP contribution in [0, 0.1) is 28.9 Å². The van der Waals surface area contributed by atoms with Gasteiger partial charge in [0.05, 0.1) is 41.4 Å². The maximum atomic E-state index is 17.0. The van der Waals surface area contributed by atoms with Crippen LogP contribution < -0.4 is 10.2 Å². The van der Waals surface area contributed by atoms with Crippen LogP contribution in [0.1, 0.15) is 71.1 Å². The number of aromatic nitrogens is 3. The van der Waals surface area contributed by atoms with Crippen molar-refractivity contribution in [2.75, 3.05) is 29.9 Å². The molecule has 0 bridgehead atoms. The van der Waals surface area contributed by atoms with E-state index in [-0.39, 0.29) is 68.7 Å². The van der Waals surface area contributed by atoms with Crippen LogP contribution >= 0.6 is 11.3 Å². The van der Waals surface area contributed by atoms with Crippen molar-refractivity contribution < 1.29 is 32.6 Å². The number of nitriles is 1. The molecule has 262 valence electrons. The third-order valence-corrected chi connectivity index (χ3v) is 10.1. The third-order valence-electron chi connectivity index (χ3n) is 9.01. The lowest BCUT2D eigenvalue weighted by Crippen LogP contribution is -2.50. The van der Waals surface area contributed by atoms with E-state index in [0.29, 0.717) is 42.1 Å². The quantitative estimate of drug-likeness (QED) is 0.231. The number of nitrogens with zero attached hydrogens (tertiary/aromatic N) is 6. The maximum Gasteiger partial charge on any atom is 0.412 e. The van der Waals surface area contributed by atoms with Crippen molar-refractivity contribution in [2.45, 2.75) is 84.8 Å². The van der Waals surface area contributed by atoms with Gasteiger partial charge >= 0.3 is 12.2 Å². The van der Waals surface area contributed by atoms with Gasteiger partial charge < -0.3 is 24.0 Å². The van der Waals surface area contributed by atoms with Gasteiger partial charge in [-0.1, -0.05) is 0 Å². The number of rotatable bonds is 3. The number of ether oxygens (including phenoxy) is 3. The number of thiophene rings is 1. The normalized spacial score (nSPS) is 19.0. The lowest BCUT2D eigenvalue weighted by molar-refractivity contribution is 0.00667. The van der Waals surface area contributed by atoms with E-state index in [0.717, 1.165) is 30.4 Å². The number of pyridine rings is 1. The highest BCUT2D eigenvalue weighted by Gasteiger charge is 2.43. The molecule has 1 aromatic carbocycles. The van der Waals surface area contributed by atoms with Gasteiger partial charge in [0.25, 0.3) is 0 Å². The fraction of sp³-hybridized carbons (Fsp3) is 0.486. The summed E-state index contributed by atoms with van der Waals surface area (Å²) in [5.41, 5.74) is -0.210. The van der Waals surface area contributed by atoms with Crippen LogP contribution in [0.4, 0.5) is 29.3 Å². The van der Waals surface area contributed by atoms with Gasteiger partial charge in [0.1, 0.15) is 27.8 Å². The third kappa shape index (κ3) is 6.04. The molecule has 0 radical (unpaired) electrons. The largest absolute Gasteiger partial charge is 0.444 e. The molecule has 1 N–H and O–H groups in total. The van der Waals surface area contributed by atoms with E-state index in [2.05, 4.69) is 21.4 Å². The Labute approximate surface area is 291 Å². The van der Waals surface area contributed by atoms with E-state index in [1.54, 1.807) is 31.9 Å². The van der Waals surface area contributed by atoms with Gasteiger partial charge in [0.15, 0.2) is 11.6 Å². The van der Waals surface area contributed by atoms with Gasteiger partial charge in [-0.25, -0.2) is 28.3 Å². The fourth-order valence-corrected chi connectivity index (χ4v) is 8.08. The van der Waals surface area contributed by atoms with Crippen LogP contribution in [0.5, 0.6) is 0 Å². The molecule has 7 rings (SSSR count). The van der Waals surface area contributed by atoms with Crippen molar-refractivity contribution >= 4 is 55.5 Å². The molecule has 12 nitrogen and oxygen atoms in total. The van der Waals surface area contributed by atoms with Crippen LogP contribution in [0.15, 0.2) is 12.4 Å². The molecule has 3 aliphatic rings. The molecule has 50 heavy (non-hydrogen) atoms. The molecule has 2 unspecified atom stereocenters. The Balaban J connectivity index is 1.31. The number of amides is 2. The second-order valence-corrected chi connectivity index (χ2v) is 15.8. The van der Waals surface area contributed by atoms with Crippen molar-refractivity contribution in [3.05, 3.63) is 40.7 Å². The molecule has 2 atom stereocenters. The molecule has 15 heteroatoms. The number of benzene rings is 1. The molecular weight excluding hydrogens is 668 g/mol. The van der Waals surface area contributed by atoms with E-state index < -0.39 is 28.9 Å². The minimum Gasteiger partial charge on any atom is -0.444 e. The lowest BCUT2D eigenvalue weighted by Gasteiger charge is -2.37. The summed E-state index contributed by atoms with van der Waals surface area (Å²) in [5.74, 6) is -0.948. The van der Waals surface area contributed by atoms with Gasteiger partial charge in [-0.3, -0.25) is 10.3 Å². The maximum absolute atomic E-state index is 17.0. The van der Waals surface area contributed by atoms with Crippen molar-refractivity contribution in [3.8, 4) is 17.3 Å². The highest BCUT2D eigenvalue weighted by atomic mass is 32.1. The smallest absolute Gasteiger partial charge is 0.412 e. The number of hydrogen-bond donors (Lipinski definition) is 1. The number of piperidine rings is 1. The first-order valence-electron chi connectivity index (χ1n) is 16.5. The first kappa shape index (κ1) is 33.8. The van der Waals surface area contributed by atoms with E-state index in [1.165, 1.54) is 0 Å². The minimum atomic E-state index is -0.818. The molecular formula is C35H37F2N7O5S. The number of likely N-dealkylation sites (tertiary alicyclic amines) is 1. The van der Waals surface area contributed by atoms with Crippen molar-refractivity contribution in [1.82, 2.24) is 19.9 Å². The molecule has 2 fully saturated rings. The van der Waals surface area contributed by atoms with Crippen LogP contribution in [0.25, 0.3) is 32.2 Å². The van der Waals surface area contributed by atoms with Crippen LogP contribution in [-0.4, -0.2) is 68.9 Å². The zero-order valence-electron chi connectivity index (χ0n) is 28.6. The van der Waals surface area contributed by atoms with Crippen molar-refractivity contribution in [1.29, 1.82) is 5.26 Å². The van der Waals surface area contributed by atoms with Gasteiger partial charge in [-0.15, -0.1) is 11.3 Å². The number of nitrogens with one attached hydrogen (secondary N) is 1. The molecule has 6 heterocycles. The summed E-state index contributed by atoms with van der Waals surface area (Å²) < 4.78 is 49.2. The summed E-state index contributed by atoms with van der Waals surface area (Å²) in [6.07, 6.45) is 3.17. The first-order chi connectivity index (χ1) is 23.6. The van der Waals surface area contributed by atoms with Gasteiger partial charge in [-0.05, 0) is 71.4 Å². The number of carbonyl (C=O) groups excluding carboxylic acids is 2. The second-order valence-electron chi connectivity index (χ2n) is 14.8. The van der Waals surface area contributed by atoms with Crippen molar-refractivity contribution in [3.63, 3.8) is 0 Å². The van der Waals surface area contributed by atoms with E-state index >= 15 is 8.78 Å². The SMILES string of the molecule is CC(C)(C)OC(=O)Nc1sc2c(F)cnc(-c3c4c(c5cnc(N6CC7CCCN(C(=O)OC(C)(C)C)C7C6)nc5c3F)COC4)c2c1C#N. The van der Waals surface area contributed by atoms with Gasteiger partial charge in [-0.2, -0.15) is 5.26 Å². The summed E-state index contributed by atoms with van der Waals surface area (Å²) in [7, 11) is 0. The minimum absolute atomic E-state index is 0.0300. The average molecular weight is 706 g/mol. The molecule has 0 spiro atoms. The number of fused-ring (bicyclic) bond motifs is 5. The molecule has 0 aliphatic carbocycles. The zero-order valence-corrected chi connectivity index (χ0v) is 29.5. The Morgan fingerprint density at radius 2 is 1.80 bits per heavy atom. The standard InChI is InChI=1S/C35H37F2N7O5S/c1-34(2,3)48-32(45)42-30-18(10-38)25-28(39-12-22(36)29(25)50-30)24-21-16-47-15-20(21)19-11-40-31(41-27(19)26(24)37)43-13-17-8-7-9-44(23(17)14-43)33(46)49-35(4,5)6/h11-12,17,23H,7-9,13-16H2,1-6H3,(H,42,45). The van der Waals surface area contributed by atoms with Crippen LogP contribution in [0.3, 0.4) is 0 Å². The number of anilines is 2. The van der Waals surface area contributed by atoms with E-state index in [1.807, 2.05) is 25.7 Å². The molecule has 3 aliphatic heterocycles. The Kier molecular flexibility index (Phi) is 8.30. The predicted molar refractivity (Wildman–Crippen MR) is 183 cm³/mol. The van der Waals surface area contributed by atoms with Crippen molar-refractivity contribution in [2.24, 2.45) is 5.92 Å². The first-order valence-corrected chi connectivity index (χ1v) is 17.3. The summed E-state index contributed by atoms with van der Waals surface area (Å²) in [6.45, 7) is 12.5. The van der Waals surface area contributed by atoms with Gasteiger partial charge in [0, 0.05) is 42.2 Å². The lowest BCUT2D eigenvalue weighted by atomic mass is 9.92. The summed E-state index contributed by atoms with van der Waals surface area (Å²) in [4.78, 5) is 43.2. The Hall–Kier alpha value is -4.68. The summed E-state index contributed by atoms with van der Waals surface area (Å²) in [5, 5.41) is 13.4. The van der Waals surface area contributed by atoms with E-state index in [9.17, 15) is 14.9 Å². The highest BCUT2D eigenvalue weighted by Crippen LogP contribution is 2.46. The molecule has 4 aromatic rings. The Morgan fingerprint density at radius 1 is 1.06 bits per heavy atom. The zero-order chi connectivity index (χ0) is 35.7.